The number of hydrogen-bond donors (Lipinski definition) is 0. The van der Waals surface area contributed by atoms with Gasteiger partial charge in [0.05, 0.1) is 12.3 Å². The van der Waals surface area contributed by atoms with Crippen LogP contribution >= 0.6 is 0 Å². The van der Waals surface area contributed by atoms with Gasteiger partial charge in [-0.25, -0.2) is 4.98 Å². The number of rotatable bonds is 6. The average Bonchev–Trinajstić information content (AvgIpc) is 2.79. The maximum Gasteiger partial charge on any atom is 0.147 e. The van der Waals surface area contributed by atoms with Gasteiger partial charge in [-0.1, -0.05) is 6.07 Å². The van der Waals surface area contributed by atoms with E-state index in [1.54, 1.807) is 7.11 Å². The zero-order chi connectivity index (χ0) is 14.5. The van der Waals surface area contributed by atoms with Crippen LogP contribution in [0.4, 0.5) is 0 Å². The molecule has 0 bridgehead atoms. The number of hydrogen-bond acceptors (Lipinski definition) is 4. The highest BCUT2D eigenvalue weighted by Gasteiger charge is 2.04. The molecule has 0 N–H and O–H groups in total. The number of carbonyl (C=O) groups excluding carboxylic acids is 1. The molecule has 0 amide bonds. The monoisotopic (exact) mass is 273 g/mol. The van der Waals surface area contributed by atoms with Crippen LogP contribution in [0, 0.1) is 0 Å². The number of imidazole rings is 1. The van der Waals surface area contributed by atoms with E-state index in [0.717, 1.165) is 28.8 Å². The number of fused-ring (bicyclic) bond motifs is 1. The van der Waals surface area contributed by atoms with E-state index in [-0.39, 0.29) is 0 Å². The van der Waals surface area contributed by atoms with E-state index in [1.165, 1.54) is 0 Å². The van der Waals surface area contributed by atoms with E-state index >= 15 is 0 Å². The Balaban J connectivity index is 2.24. The maximum absolute atomic E-state index is 11.1. The molecule has 0 spiro atoms. The van der Waals surface area contributed by atoms with Crippen LogP contribution < -0.4 is 0 Å². The predicted octanol–water partition coefficient (Wildman–Crippen LogP) is 1.67. The van der Waals surface area contributed by atoms with Crippen molar-refractivity contribution >= 4 is 11.9 Å². The first-order chi connectivity index (χ1) is 9.62. The van der Waals surface area contributed by atoms with Gasteiger partial charge in [-0.2, -0.15) is 0 Å². The molecular weight excluding hydrogens is 254 g/mol. The average molecular weight is 273 g/mol. The molecule has 0 radical (unpaired) electrons. The Morgan fingerprint density at radius 2 is 2.20 bits per heavy atom. The molecule has 0 saturated heterocycles. The van der Waals surface area contributed by atoms with Crippen molar-refractivity contribution in [1.29, 1.82) is 0 Å². The molecule has 0 fully saturated rings. The highest BCUT2D eigenvalue weighted by Crippen LogP contribution is 2.11. The van der Waals surface area contributed by atoms with Crippen molar-refractivity contribution in [2.75, 3.05) is 21.2 Å². The van der Waals surface area contributed by atoms with Gasteiger partial charge in [0.2, 0.25) is 0 Å². The third-order valence-electron chi connectivity index (χ3n) is 2.84. The summed E-state index contributed by atoms with van der Waals surface area (Å²) >= 11 is 0. The SMILES string of the molecule is COCc1cn2cc(C/C(C=O)=C/N(C)C)ccc2n1. The molecule has 0 aliphatic rings. The Hall–Kier alpha value is -2.14. The molecule has 20 heavy (non-hydrogen) atoms. The molecule has 2 aromatic rings. The van der Waals surface area contributed by atoms with Crippen molar-refractivity contribution in [1.82, 2.24) is 14.3 Å². The van der Waals surface area contributed by atoms with Crippen molar-refractivity contribution in [3.63, 3.8) is 0 Å². The highest BCUT2D eigenvalue weighted by atomic mass is 16.5. The summed E-state index contributed by atoms with van der Waals surface area (Å²) < 4.78 is 7.04. The molecule has 0 saturated carbocycles. The highest BCUT2D eigenvalue weighted by molar-refractivity contribution is 5.73. The van der Waals surface area contributed by atoms with E-state index in [0.29, 0.717) is 13.0 Å². The number of methoxy groups -OCH3 is 1. The lowest BCUT2D eigenvalue weighted by Crippen LogP contribution is -2.05. The molecule has 0 aliphatic carbocycles. The van der Waals surface area contributed by atoms with Gasteiger partial charge in [-0.3, -0.25) is 4.79 Å². The molecule has 0 aromatic carbocycles. The molecule has 2 rings (SSSR count). The molecule has 0 unspecified atom stereocenters. The summed E-state index contributed by atoms with van der Waals surface area (Å²) in [6.07, 6.45) is 7.28. The van der Waals surface area contributed by atoms with Crippen molar-refractivity contribution in [2.24, 2.45) is 0 Å². The number of aromatic nitrogens is 2. The van der Waals surface area contributed by atoms with E-state index in [4.69, 9.17) is 4.74 Å². The van der Waals surface area contributed by atoms with Crippen LogP contribution in [0.5, 0.6) is 0 Å². The maximum atomic E-state index is 11.1. The zero-order valence-electron chi connectivity index (χ0n) is 12.0. The van der Waals surface area contributed by atoms with Gasteiger partial charge in [-0.05, 0) is 11.6 Å². The van der Waals surface area contributed by atoms with Crippen LogP contribution in [-0.2, 0) is 22.6 Å². The number of nitrogens with zero attached hydrogens (tertiary/aromatic N) is 3. The van der Waals surface area contributed by atoms with E-state index in [1.807, 2.05) is 54.1 Å². The van der Waals surface area contributed by atoms with Gasteiger partial charge in [0.1, 0.15) is 11.9 Å². The summed E-state index contributed by atoms with van der Waals surface area (Å²) in [5.41, 5.74) is 3.58. The van der Waals surface area contributed by atoms with E-state index in [9.17, 15) is 4.79 Å². The molecule has 106 valence electrons. The van der Waals surface area contributed by atoms with Gasteiger partial charge in [-0.15, -0.1) is 0 Å². The Bertz CT molecular complexity index is 629. The minimum Gasteiger partial charge on any atom is -0.383 e. The molecular formula is C15H19N3O2. The fourth-order valence-corrected chi connectivity index (χ4v) is 2.10. The van der Waals surface area contributed by atoms with Crippen molar-refractivity contribution in [3.8, 4) is 0 Å². The van der Waals surface area contributed by atoms with Gasteiger partial charge in [0.15, 0.2) is 0 Å². The van der Waals surface area contributed by atoms with Gasteiger partial charge >= 0.3 is 0 Å². The first-order valence-electron chi connectivity index (χ1n) is 6.40. The van der Waals surface area contributed by atoms with Crippen LogP contribution in [-0.4, -0.2) is 41.8 Å². The van der Waals surface area contributed by atoms with Crippen LogP contribution in [0.2, 0.25) is 0 Å². The lowest BCUT2D eigenvalue weighted by molar-refractivity contribution is -0.105. The normalized spacial score (nSPS) is 11.8. The Labute approximate surface area is 118 Å². The van der Waals surface area contributed by atoms with Crippen molar-refractivity contribution in [2.45, 2.75) is 13.0 Å². The predicted molar refractivity (Wildman–Crippen MR) is 77.4 cm³/mol. The van der Waals surface area contributed by atoms with Crippen LogP contribution in [0.25, 0.3) is 5.65 Å². The molecule has 2 aromatic heterocycles. The molecule has 0 aliphatic heterocycles. The number of ether oxygens (including phenoxy) is 1. The van der Waals surface area contributed by atoms with E-state index < -0.39 is 0 Å². The topological polar surface area (TPSA) is 46.8 Å². The summed E-state index contributed by atoms with van der Waals surface area (Å²) in [5, 5.41) is 0. The fourth-order valence-electron chi connectivity index (χ4n) is 2.10. The number of aldehydes is 1. The Morgan fingerprint density at radius 1 is 1.40 bits per heavy atom. The number of pyridine rings is 1. The van der Waals surface area contributed by atoms with Crippen LogP contribution in [0.1, 0.15) is 11.3 Å². The summed E-state index contributed by atoms with van der Waals surface area (Å²) in [4.78, 5) is 17.4. The summed E-state index contributed by atoms with van der Waals surface area (Å²) in [6.45, 7) is 0.497. The van der Waals surface area contributed by atoms with Gasteiger partial charge < -0.3 is 14.0 Å². The van der Waals surface area contributed by atoms with Crippen molar-refractivity contribution < 1.29 is 9.53 Å². The lowest BCUT2D eigenvalue weighted by atomic mass is 10.1. The van der Waals surface area contributed by atoms with E-state index in [2.05, 4.69) is 4.98 Å². The summed E-state index contributed by atoms with van der Waals surface area (Å²) in [6, 6.07) is 3.94. The molecule has 2 heterocycles. The van der Waals surface area contributed by atoms with Gasteiger partial charge in [0, 0.05) is 51.8 Å². The quantitative estimate of drug-likeness (QED) is 0.593. The lowest BCUT2D eigenvalue weighted by Gasteiger charge is -2.07. The first-order valence-corrected chi connectivity index (χ1v) is 6.40. The Kier molecular flexibility index (Phi) is 4.53. The molecule has 5 nitrogen and oxygen atoms in total. The number of carbonyl (C=O) groups is 1. The minimum absolute atomic E-state index is 0.497. The standard InChI is InChI=1S/C15H19N3O2/c1-17(2)7-13(10-19)6-12-4-5-15-16-14(11-20-3)9-18(15)8-12/h4-5,7-10H,6,11H2,1-3H3/b13-7-. The zero-order valence-corrected chi connectivity index (χ0v) is 12.0. The molecule has 5 heteroatoms. The third kappa shape index (κ3) is 3.45. The second-order valence-electron chi connectivity index (χ2n) is 4.93. The Morgan fingerprint density at radius 3 is 2.85 bits per heavy atom. The minimum atomic E-state index is 0.497. The molecule has 0 atom stereocenters. The summed E-state index contributed by atoms with van der Waals surface area (Å²) in [7, 11) is 5.46. The second kappa shape index (κ2) is 6.34. The number of allylic oxidation sites excluding steroid dienone is 1. The van der Waals surface area contributed by atoms with Crippen LogP contribution in [0.15, 0.2) is 36.3 Å². The van der Waals surface area contributed by atoms with Crippen molar-refractivity contribution in [3.05, 3.63) is 47.6 Å². The fraction of sp³-hybridized carbons (Fsp3) is 0.333. The summed E-state index contributed by atoms with van der Waals surface area (Å²) in [5.74, 6) is 0. The van der Waals surface area contributed by atoms with Gasteiger partial charge in [0.25, 0.3) is 0 Å². The smallest absolute Gasteiger partial charge is 0.147 e. The van der Waals surface area contributed by atoms with Crippen LogP contribution in [0.3, 0.4) is 0 Å². The second-order valence-corrected chi connectivity index (χ2v) is 4.93. The first kappa shape index (κ1) is 14.3. The third-order valence-corrected chi connectivity index (χ3v) is 2.84. The largest absolute Gasteiger partial charge is 0.383 e.